The molecule has 1 aromatic rings. The van der Waals surface area contributed by atoms with E-state index >= 15 is 0 Å². The van der Waals surface area contributed by atoms with Gasteiger partial charge in [0.1, 0.15) is 0 Å². The van der Waals surface area contributed by atoms with Crippen LogP contribution >= 0.6 is 15.9 Å². The van der Waals surface area contributed by atoms with Crippen LogP contribution in [0.3, 0.4) is 0 Å². The van der Waals surface area contributed by atoms with Gasteiger partial charge in [0.2, 0.25) is 5.56 Å². The summed E-state index contributed by atoms with van der Waals surface area (Å²) in [5, 5.41) is 0. The molecule has 0 fully saturated rings. The number of pyridine rings is 1. The van der Waals surface area contributed by atoms with Gasteiger partial charge in [0.15, 0.2) is 0 Å². The second kappa shape index (κ2) is 4.23. The van der Waals surface area contributed by atoms with Crippen LogP contribution in [0.4, 0.5) is 0 Å². The van der Waals surface area contributed by atoms with E-state index in [4.69, 9.17) is 4.74 Å². The molecule has 0 amide bonds. The van der Waals surface area contributed by atoms with Crippen molar-refractivity contribution in [2.45, 2.75) is 6.92 Å². The highest BCUT2D eigenvalue weighted by Crippen LogP contribution is 2.13. The number of carbonyl (C=O) groups excluding carboxylic acids is 1. The third kappa shape index (κ3) is 2.42. The topological polar surface area (TPSA) is 59.2 Å². The van der Waals surface area contributed by atoms with E-state index in [9.17, 15) is 9.59 Å². The fourth-order valence-corrected chi connectivity index (χ4v) is 1.30. The van der Waals surface area contributed by atoms with E-state index in [0.29, 0.717) is 16.6 Å². The Labute approximate surface area is 83.1 Å². The lowest BCUT2D eigenvalue weighted by Gasteiger charge is -2.02. The molecule has 0 aromatic carbocycles. The van der Waals surface area contributed by atoms with Crippen LogP contribution in [-0.4, -0.2) is 17.6 Å². The molecule has 1 N–H and O–H groups in total. The second-order valence-electron chi connectivity index (χ2n) is 2.28. The van der Waals surface area contributed by atoms with Gasteiger partial charge in [-0.25, -0.2) is 4.79 Å². The Kier molecular flexibility index (Phi) is 3.25. The third-order valence-corrected chi connectivity index (χ3v) is 2.03. The highest BCUT2D eigenvalue weighted by atomic mass is 79.9. The average Bonchev–Trinajstić information content (AvgIpc) is 2.04. The molecule has 1 heterocycles. The quantitative estimate of drug-likeness (QED) is 0.800. The fraction of sp³-hybridized carbons (Fsp3) is 0.250. The first-order valence-corrected chi connectivity index (χ1v) is 4.49. The van der Waals surface area contributed by atoms with Gasteiger partial charge in [0.25, 0.3) is 0 Å². The molecular weight excluding hydrogens is 238 g/mol. The van der Waals surface area contributed by atoms with E-state index in [0.717, 1.165) is 0 Å². The van der Waals surface area contributed by atoms with E-state index in [1.54, 1.807) is 6.92 Å². The Morgan fingerprint density at radius 1 is 1.69 bits per heavy atom. The number of carbonyl (C=O) groups is 1. The van der Waals surface area contributed by atoms with Crippen molar-refractivity contribution >= 4 is 21.9 Å². The van der Waals surface area contributed by atoms with Crippen LogP contribution < -0.4 is 5.56 Å². The number of aromatic amines is 1. The molecule has 0 unspecified atom stereocenters. The van der Waals surface area contributed by atoms with Crippen LogP contribution in [0.2, 0.25) is 0 Å². The maximum Gasteiger partial charge on any atom is 0.340 e. The van der Waals surface area contributed by atoms with Crippen LogP contribution in [0.15, 0.2) is 21.5 Å². The minimum absolute atomic E-state index is 0.264. The summed E-state index contributed by atoms with van der Waals surface area (Å²) in [4.78, 5) is 24.4. The van der Waals surface area contributed by atoms with Gasteiger partial charge in [-0.15, -0.1) is 0 Å². The predicted octanol–water partition coefficient (Wildman–Crippen LogP) is 1.31. The van der Waals surface area contributed by atoms with Gasteiger partial charge < -0.3 is 9.72 Å². The first-order valence-electron chi connectivity index (χ1n) is 3.70. The molecule has 0 bridgehead atoms. The number of nitrogens with one attached hydrogen (secondary N) is 1. The maximum absolute atomic E-state index is 11.2. The molecule has 0 saturated heterocycles. The average molecular weight is 246 g/mol. The molecule has 0 atom stereocenters. The highest BCUT2D eigenvalue weighted by Gasteiger charge is 2.10. The molecule has 0 radical (unpaired) electrons. The molecule has 70 valence electrons. The molecule has 13 heavy (non-hydrogen) atoms. The summed E-state index contributed by atoms with van der Waals surface area (Å²) in [7, 11) is 0. The summed E-state index contributed by atoms with van der Waals surface area (Å²) in [6, 6.07) is 1.28. The Morgan fingerprint density at radius 2 is 2.38 bits per heavy atom. The van der Waals surface area contributed by atoms with Gasteiger partial charge >= 0.3 is 5.97 Å². The van der Waals surface area contributed by atoms with E-state index in [2.05, 4.69) is 20.9 Å². The zero-order chi connectivity index (χ0) is 9.84. The molecule has 0 spiro atoms. The van der Waals surface area contributed by atoms with Gasteiger partial charge in [0.05, 0.1) is 12.2 Å². The van der Waals surface area contributed by atoms with Crippen molar-refractivity contribution in [3.05, 3.63) is 32.7 Å². The molecule has 4 nitrogen and oxygen atoms in total. The lowest BCUT2D eigenvalue weighted by atomic mass is 10.3. The zero-order valence-corrected chi connectivity index (χ0v) is 8.55. The summed E-state index contributed by atoms with van der Waals surface area (Å²) in [6.45, 7) is 2.03. The van der Waals surface area contributed by atoms with E-state index in [-0.39, 0.29) is 5.56 Å². The SMILES string of the molecule is CCOC(=O)c1c[nH]c(=O)cc1Br. The molecule has 1 rings (SSSR count). The van der Waals surface area contributed by atoms with Crippen LogP contribution in [-0.2, 0) is 4.74 Å². The maximum atomic E-state index is 11.2. The lowest BCUT2D eigenvalue weighted by Crippen LogP contribution is -2.11. The zero-order valence-electron chi connectivity index (χ0n) is 6.96. The molecule has 1 aromatic heterocycles. The molecule has 0 saturated carbocycles. The summed E-state index contributed by atoms with van der Waals surface area (Å²) >= 11 is 3.10. The Balaban J connectivity index is 3.02. The molecule has 5 heteroatoms. The smallest absolute Gasteiger partial charge is 0.340 e. The molecule has 0 aliphatic carbocycles. The second-order valence-corrected chi connectivity index (χ2v) is 3.13. The molecular formula is C8H8BrNO3. The van der Waals surface area contributed by atoms with Crippen molar-refractivity contribution in [1.29, 1.82) is 0 Å². The van der Waals surface area contributed by atoms with E-state index < -0.39 is 5.97 Å². The van der Waals surface area contributed by atoms with Crippen molar-refractivity contribution < 1.29 is 9.53 Å². The van der Waals surface area contributed by atoms with Crippen molar-refractivity contribution in [2.75, 3.05) is 6.61 Å². The lowest BCUT2D eigenvalue weighted by molar-refractivity contribution is 0.0525. The van der Waals surface area contributed by atoms with Crippen molar-refractivity contribution in [3.63, 3.8) is 0 Å². The first-order chi connectivity index (χ1) is 6.15. The number of esters is 1. The number of ether oxygens (including phenoxy) is 1. The largest absolute Gasteiger partial charge is 0.462 e. The van der Waals surface area contributed by atoms with E-state index in [1.807, 2.05) is 0 Å². The van der Waals surface area contributed by atoms with Crippen molar-refractivity contribution in [1.82, 2.24) is 4.98 Å². The van der Waals surface area contributed by atoms with Crippen LogP contribution in [0.5, 0.6) is 0 Å². The van der Waals surface area contributed by atoms with E-state index in [1.165, 1.54) is 12.3 Å². The molecule has 0 aliphatic heterocycles. The van der Waals surface area contributed by atoms with Crippen molar-refractivity contribution in [3.8, 4) is 0 Å². The Morgan fingerprint density at radius 3 is 2.92 bits per heavy atom. The number of halogens is 1. The third-order valence-electron chi connectivity index (χ3n) is 1.37. The first kappa shape index (κ1) is 9.98. The predicted molar refractivity (Wildman–Crippen MR) is 50.7 cm³/mol. The number of H-pyrrole nitrogens is 1. The summed E-state index contributed by atoms with van der Waals surface area (Å²) in [5.74, 6) is -0.453. The number of rotatable bonds is 2. The number of hydrogen-bond acceptors (Lipinski definition) is 3. The Bertz CT molecular complexity index is 372. The molecule has 0 aliphatic rings. The number of hydrogen-bond donors (Lipinski definition) is 1. The Hall–Kier alpha value is -1.10. The summed E-state index contributed by atoms with van der Waals surface area (Å²) in [5.41, 5.74) is 0.0568. The van der Waals surface area contributed by atoms with Crippen LogP contribution in [0, 0.1) is 0 Å². The van der Waals surface area contributed by atoms with Crippen LogP contribution in [0.25, 0.3) is 0 Å². The van der Waals surface area contributed by atoms with Gasteiger partial charge in [0, 0.05) is 16.7 Å². The summed E-state index contributed by atoms with van der Waals surface area (Å²) in [6.07, 6.45) is 1.32. The van der Waals surface area contributed by atoms with Gasteiger partial charge in [-0.3, -0.25) is 4.79 Å². The monoisotopic (exact) mass is 245 g/mol. The highest BCUT2D eigenvalue weighted by molar-refractivity contribution is 9.10. The van der Waals surface area contributed by atoms with Gasteiger partial charge in [-0.1, -0.05) is 0 Å². The number of aromatic nitrogens is 1. The minimum Gasteiger partial charge on any atom is -0.462 e. The summed E-state index contributed by atoms with van der Waals surface area (Å²) < 4.78 is 5.20. The van der Waals surface area contributed by atoms with Gasteiger partial charge in [-0.05, 0) is 22.9 Å². The normalized spacial score (nSPS) is 9.69. The van der Waals surface area contributed by atoms with Crippen molar-refractivity contribution in [2.24, 2.45) is 0 Å². The van der Waals surface area contributed by atoms with Gasteiger partial charge in [-0.2, -0.15) is 0 Å². The van der Waals surface area contributed by atoms with Crippen LogP contribution in [0.1, 0.15) is 17.3 Å². The minimum atomic E-state index is -0.453. The fourth-order valence-electron chi connectivity index (χ4n) is 0.812. The standard InChI is InChI=1S/C8H8BrNO3/c1-2-13-8(12)5-4-10-7(11)3-6(5)9/h3-4H,2H2,1H3,(H,10,11).